The third-order valence-corrected chi connectivity index (χ3v) is 5.07. The van der Waals surface area contributed by atoms with Crippen LogP contribution in [0.2, 0.25) is 5.02 Å². The molecule has 1 aromatic carbocycles. The molecule has 0 aliphatic carbocycles. The minimum Gasteiger partial charge on any atom is -0.484 e. The van der Waals surface area contributed by atoms with Crippen molar-refractivity contribution >= 4 is 27.5 Å². The fourth-order valence-electron chi connectivity index (χ4n) is 1.65. The van der Waals surface area contributed by atoms with Crippen molar-refractivity contribution in [1.29, 1.82) is 0 Å². The van der Waals surface area contributed by atoms with Gasteiger partial charge in [-0.3, -0.25) is 4.79 Å². The van der Waals surface area contributed by atoms with Crippen molar-refractivity contribution < 1.29 is 17.9 Å². The number of hydrogen-bond acceptors (Lipinski definition) is 4. The minimum atomic E-state index is -3.17. The smallest absolute Gasteiger partial charge is 0.257 e. The van der Waals surface area contributed by atoms with Crippen molar-refractivity contribution in [2.75, 3.05) is 32.5 Å². The summed E-state index contributed by atoms with van der Waals surface area (Å²) in [5, 5.41) is 3.21. The van der Waals surface area contributed by atoms with E-state index in [4.69, 9.17) is 16.3 Å². The van der Waals surface area contributed by atoms with Crippen LogP contribution in [0.15, 0.2) is 24.3 Å². The molecule has 1 amide bonds. The molecule has 8 heteroatoms. The molecule has 0 aliphatic heterocycles. The van der Waals surface area contributed by atoms with Gasteiger partial charge in [-0.25, -0.2) is 12.7 Å². The molecule has 0 spiro atoms. The fourth-order valence-corrected chi connectivity index (χ4v) is 2.67. The van der Waals surface area contributed by atoms with Crippen LogP contribution in [0.3, 0.4) is 0 Å². The zero-order valence-corrected chi connectivity index (χ0v) is 14.3. The first kappa shape index (κ1) is 18.7. The van der Waals surface area contributed by atoms with E-state index in [0.717, 1.165) is 0 Å². The summed E-state index contributed by atoms with van der Waals surface area (Å²) >= 11 is 5.81. The normalized spacial score (nSPS) is 11.5. The second-order valence-corrected chi connectivity index (χ2v) is 7.47. The highest BCUT2D eigenvalue weighted by atomic mass is 35.5. The number of amides is 1. The van der Waals surface area contributed by atoms with Crippen molar-refractivity contribution in [3.8, 4) is 5.75 Å². The van der Waals surface area contributed by atoms with Gasteiger partial charge in [0.25, 0.3) is 5.91 Å². The molecule has 0 unspecified atom stereocenters. The molecule has 0 radical (unpaired) electrons. The summed E-state index contributed by atoms with van der Waals surface area (Å²) in [6.45, 7) is 2.25. The Morgan fingerprint density at radius 1 is 1.41 bits per heavy atom. The molecule has 0 bridgehead atoms. The Morgan fingerprint density at radius 2 is 2.14 bits per heavy atom. The van der Waals surface area contributed by atoms with E-state index in [2.05, 4.69) is 5.32 Å². The van der Waals surface area contributed by atoms with E-state index >= 15 is 0 Å². The highest BCUT2D eigenvalue weighted by Gasteiger charge is 2.14. The van der Waals surface area contributed by atoms with Crippen LogP contribution < -0.4 is 10.1 Å². The van der Waals surface area contributed by atoms with Gasteiger partial charge in [0.1, 0.15) is 5.75 Å². The van der Waals surface area contributed by atoms with Crippen LogP contribution in [-0.2, 0) is 14.8 Å². The molecule has 0 saturated heterocycles. The molecular weight excluding hydrogens is 328 g/mol. The third kappa shape index (κ3) is 6.64. The number of benzene rings is 1. The van der Waals surface area contributed by atoms with Crippen molar-refractivity contribution in [3.63, 3.8) is 0 Å². The molecule has 0 aromatic heterocycles. The van der Waals surface area contributed by atoms with Crippen molar-refractivity contribution in [2.45, 2.75) is 13.3 Å². The molecule has 1 N–H and O–H groups in total. The number of nitrogens with zero attached hydrogens (tertiary/aromatic N) is 1. The lowest BCUT2D eigenvalue weighted by molar-refractivity contribution is -0.123. The minimum absolute atomic E-state index is 0.0728. The number of hydrogen-bond donors (Lipinski definition) is 1. The molecule has 0 aliphatic rings. The predicted octanol–water partition coefficient (Wildman–Crippen LogP) is 1.51. The number of carbonyl (C=O) groups excluding carboxylic acids is 1. The number of carbonyl (C=O) groups is 1. The summed E-state index contributed by atoms with van der Waals surface area (Å²) in [7, 11) is -1.64. The Labute approximate surface area is 136 Å². The van der Waals surface area contributed by atoms with Gasteiger partial charge in [0.15, 0.2) is 6.61 Å². The third-order valence-electron chi connectivity index (χ3n) is 2.98. The summed E-state index contributed by atoms with van der Waals surface area (Å²) < 4.78 is 29.6. The number of halogens is 1. The predicted molar refractivity (Wildman–Crippen MR) is 86.7 cm³/mol. The number of rotatable bonds is 9. The van der Waals surface area contributed by atoms with Crippen molar-refractivity contribution in [2.24, 2.45) is 0 Å². The molecule has 124 valence electrons. The summed E-state index contributed by atoms with van der Waals surface area (Å²) in [4.78, 5) is 11.6. The molecule has 6 nitrogen and oxygen atoms in total. The lowest BCUT2D eigenvalue weighted by Gasteiger charge is -2.15. The Bertz CT molecular complexity index is 592. The van der Waals surface area contributed by atoms with Crippen LogP contribution in [0.4, 0.5) is 0 Å². The molecular formula is C14H21ClN2O4S. The summed E-state index contributed by atoms with van der Waals surface area (Å²) in [6.07, 6.45) is 0.540. The highest BCUT2D eigenvalue weighted by Crippen LogP contribution is 2.16. The molecule has 0 fully saturated rings. The van der Waals surface area contributed by atoms with Crippen LogP contribution in [0.1, 0.15) is 13.3 Å². The first-order valence-electron chi connectivity index (χ1n) is 6.94. The second-order valence-electron chi connectivity index (χ2n) is 4.67. The largest absolute Gasteiger partial charge is 0.484 e. The average Bonchev–Trinajstić information content (AvgIpc) is 2.49. The lowest BCUT2D eigenvalue weighted by atomic mass is 10.3. The fraction of sp³-hybridized carbons (Fsp3) is 0.500. The quantitative estimate of drug-likeness (QED) is 0.686. The Kier molecular flexibility index (Phi) is 7.64. The van der Waals surface area contributed by atoms with Crippen LogP contribution >= 0.6 is 11.6 Å². The van der Waals surface area contributed by atoms with Crippen molar-refractivity contribution in [3.05, 3.63) is 29.3 Å². The zero-order chi connectivity index (χ0) is 16.6. The highest BCUT2D eigenvalue weighted by molar-refractivity contribution is 7.89. The number of nitrogens with one attached hydrogen (secondary N) is 1. The van der Waals surface area contributed by atoms with E-state index in [1.54, 1.807) is 31.2 Å². The summed E-state index contributed by atoms with van der Waals surface area (Å²) in [6, 6.07) is 6.79. The zero-order valence-electron chi connectivity index (χ0n) is 12.7. The molecule has 0 heterocycles. The maximum absolute atomic E-state index is 11.6. The standard InChI is InChI=1S/C14H21ClN2O4S/c1-3-22(19,20)17(2)9-5-8-16-14(18)11-21-13-7-4-6-12(15)10-13/h4,6-7,10H,3,5,8-9,11H2,1-2H3,(H,16,18). The monoisotopic (exact) mass is 348 g/mol. The topological polar surface area (TPSA) is 75.7 Å². The lowest BCUT2D eigenvalue weighted by Crippen LogP contribution is -2.34. The van der Waals surface area contributed by atoms with E-state index in [9.17, 15) is 13.2 Å². The number of sulfonamides is 1. The van der Waals surface area contributed by atoms with Crippen LogP contribution in [0.5, 0.6) is 5.75 Å². The first-order valence-corrected chi connectivity index (χ1v) is 8.93. The van der Waals surface area contributed by atoms with E-state index < -0.39 is 10.0 Å². The molecule has 22 heavy (non-hydrogen) atoms. The van der Waals surface area contributed by atoms with Gasteiger partial charge in [-0.05, 0) is 31.5 Å². The van der Waals surface area contributed by atoms with Gasteiger partial charge in [0.2, 0.25) is 10.0 Å². The second kappa shape index (κ2) is 8.97. The SMILES string of the molecule is CCS(=O)(=O)N(C)CCCNC(=O)COc1cccc(Cl)c1. The van der Waals surface area contributed by atoms with E-state index in [1.165, 1.54) is 11.4 Å². The van der Waals surface area contributed by atoms with Gasteiger partial charge < -0.3 is 10.1 Å². The van der Waals surface area contributed by atoms with Crippen molar-refractivity contribution in [1.82, 2.24) is 9.62 Å². The van der Waals surface area contributed by atoms with Gasteiger partial charge in [-0.1, -0.05) is 17.7 Å². The van der Waals surface area contributed by atoms with Crippen LogP contribution in [0, 0.1) is 0 Å². The van der Waals surface area contributed by atoms with Gasteiger partial charge in [-0.2, -0.15) is 0 Å². The van der Waals surface area contributed by atoms with E-state index in [0.29, 0.717) is 30.3 Å². The molecule has 1 aromatic rings. The van der Waals surface area contributed by atoms with Crippen LogP contribution in [-0.4, -0.2) is 51.1 Å². The molecule has 1 rings (SSSR count). The van der Waals surface area contributed by atoms with Gasteiger partial charge in [0, 0.05) is 25.2 Å². The van der Waals surface area contributed by atoms with E-state index in [1.807, 2.05) is 0 Å². The molecule has 0 saturated carbocycles. The van der Waals surface area contributed by atoms with Gasteiger partial charge in [0.05, 0.1) is 5.75 Å². The van der Waals surface area contributed by atoms with E-state index in [-0.39, 0.29) is 18.3 Å². The Balaban J connectivity index is 2.21. The summed E-state index contributed by atoms with van der Waals surface area (Å²) in [5.74, 6) is 0.334. The Hall–Kier alpha value is -1.31. The maximum atomic E-state index is 11.6. The summed E-state index contributed by atoms with van der Waals surface area (Å²) in [5.41, 5.74) is 0. The van der Waals surface area contributed by atoms with Crippen LogP contribution in [0.25, 0.3) is 0 Å². The van der Waals surface area contributed by atoms with Gasteiger partial charge in [-0.15, -0.1) is 0 Å². The number of ether oxygens (including phenoxy) is 1. The van der Waals surface area contributed by atoms with Gasteiger partial charge >= 0.3 is 0 Å². The average molecular weight is 349 g/mol. The maximum Gasteiger partial charge on any atom is 0.257 e. The Morgan fingerprint density at radius 3 is 2.77 bits per heavy atom. The first-order chi connectivity index (χ1) is 10.3. The molecule has 0 atom stereocenters.